The molecular weight excluding hydrogens is 322 g/mol. The predicted octanol–water partition coefficient (Wildman–Crippen LogP) is 3.11. The summed E-state index contributed by atoms with van der Waals surface area (Å²) in [6.45, 7) is 2.84. The molecule has 0 atom stereocenters. The van der Waals surface area contributed by atoms with Crippen LogP contribution in [0.25, 0.3) is 6.08 Å². The number of aliphatic carboxylic acids is 1. The number of hydrogen-bond donors (Lipinski definition) is 3. The maximum absolute atomic E-state index is 12.3. The van der Waals surface area contributed by atoms with Gasteiger partial charge in [-0.05, 0) is 49.8 Å². The van der Waals surface area contributed by atoms with Crippen molar-refractivity contribution < 1.29 is 24.5 Å². The highest BCUT2D eigenvalue weighted by molar-refractivity contribution is 6.10. The van der Waals surface area contributed by atoms with Gasteiger partial charge in [-0.3, -0.25) is 4.79 Å². The second-order valence-electron chi connectivity index (χ2n) is 5.96. The molecule has 2 aromatic rings. The van der Waals surface area contributed by atoms with Crippen molar-refractivity contribution in [3.63, 3.8) is 0 Å². The zero-order valence-corrected chi connectivity index (χ0v) is 13.9. The van der Waals surface area contributed by atoms with E-state index in [0.29, 0.717) is 0 Å². The minimum Gasteiger partial charge on any atom is -0.508 e. The number of carboxylic acid groups (broad SMARTS) is 1. The molecule has 130 valence electrons. The van der Waals surface area contributed by atoms with Gasteiger partial charge in [0.05, 0.1) is 0 Å². The Balaban J connectivity index is 2.15. The van der Waals surface area contributed by atoms with E-state index in [1.165, 1.54) is 50.3 Å². The molecule has 25 heavy (non-hydrogen) atoms. The third-order valence-electron chi connectivity index (χ3n) is 3.50. The van der Waals surface area contributed by atoms with E-state index in [2.05, 4.69) is 0 Å². The van der Waals surface area contributed by atoms with Crippen LogP contribution in [-0.2, 0) is 4.79 Å². The van der Waals surface area contributed by atoms with Crippen LogP contribution in [0.3, 0.4) is 0 Å². The van der Waals surface area contributed by atoms with E-state index in [1.54, 1.807) is 18.2 Å². The Bertz CT molecular complexity index is 822. The van der Waals surface area contributed by atoms with Crippen LogP contribution in [0.1, 0.15) is 29.8 Å². The fraction of sp³-hybridized carbons (Fsp3) is 0.158. The van der Waals surface area contributed by atoms with Gasteiger partial charge in [0.1, 0.15) is 11.5 Å². The van der Waals surface area contributed by atoms with Crippen LogP contribution >= 0.6 is 0 Å². The quantitative estimate of drug-likeness (QED) is 0.423. The van der Waals surface area contributed by atoms with Crippen LogP contribution in [0.4, 0.5) is 5.69 Å². The van der Waals surface area contributed by atoms with Gasteiger partial charge in [-0.2, -0.15) is 0 Å². The van der Waals surface area contributed by atoms with E-state index in [4.69, 9.17) is 15.6 Å². The Morgan fingerprint density at radius 2 is 1.76 bits per heavy atom. The maximum Gasteiger partial charge on any atom is 0.347 e. The van der Waals surface area contributed by atoms with E-state index >= 15 is 0 Å². The minimum atomic E-state index is -1.41. The lowest BCUT2D eigenvalue weighted by Crippen LogP contribution is -2.37. The van der Waals surface area contributed by atoms with Crippen LogP contribution in [0.15, 0.2) is 48.5 Å². The second-order valence-corrected chi connectivity index (χ2v) is 5.96. The van der Waals surface area contributed by atoms with E-state index < -0.39 is 11.6 Å². The number of rotatable bonds is 6. The van der Waals surface area contributed by atoms with Crippen LogP contribution in [0.5, 0.6) is 11.5 Å². The van der Waals surface area contributed by atoms with Crippen molar-refractivity contribution in [2.45, 2.75) is 19.4 Å². The predicted molar refractivity (Wildman–Crippen MR) is 94.7 cm³/mol. The number of nitrogen functional groups attached to an aromatic ring is 1. The van der Waals surface area contributed by atoms with Crippen molar-refractivity contribution in [3.8, 4) is 11.5 Å². The Labute approximate surface area is 145 Å². The van der Waals surface area contributed by atoms with Crippen molar-refractivity contribution in [1.82, 2.24) is 0 Å². The lowest BCUT2D eigenvalue weighted by atomic mass is 10.1. The molecule has 0 amide bonds. The number of hydrogen-bond acceptors (Lipinski definition) is 5. The number of nitrogens with two attached hydrogens (primary N) is 1. The molecule has 0 bridgehead atoms. The smallest absolute Gasteiger partial charge is 0.347 e. The van der Waals surface area contributed by atoms with Crippen LogP contribution in [-0.4, -0.2) is 27.6 Å². The first kappa shape index (κ1) is 18.1. The largest absolute Gasteiger partial charge is 0.508 e. The number of ether oxygens (including phenoxy) is 1. The average molecular weight is 341 g/mol. The van der Waals surface area contributed by atoms with Crippen molar-refractivity contribution in [3.05, 3.63) is 59.7 Å². The van der Waals surface area contributed by atoms with Crippen molar-refractivity contribution in [1.29, 1.82) is 0 Å². The molecule has 0 spiro atoms. The van der Waals surface area contributed by atoms with Gasteiger partial charge in [-0.25, -0.2) is 4.79 Å². The molecule has 0 aliphatic heterocycles. The molecule has 0 unspecified atom stereocenters. The normalized spacial score (nSPS) is 11.4. The summed E-state index contributed by atoms with van der Waals surface area (Å²) in [5.41, 5.74) is 5.72. The molecule has 0 saturated heterocycles. The Morgan fingerprint density at radius 3 is 2.32 bits per heavy atom. The topological polar surface area (TPSA) is 110 Å². The molecule has 0 radical (unpaired) electrons. The molecule has 0 saturated carbocycles. The summed E-state index contributed by atoms with van der Waals surface area (Å²) in [4.78, 5) is 23.4. The lowest BCUT2D eigenvalue weighted by molar-refractivity contribution is -0.152. The van der Waals surface area contributed by atoms with Gasteiger partial charge in [-0.15, -0.1) is 0 Å². The summed E-state index contributed by atoms with van der Waals surface area (Å²) in [7, 11) is 0. The Kier molecular flexibility index (Phi) is 5.12. The van der Waals surface area contributed by atoms with Gasteiger partial charge in [0.25, 0.3) is 0 Å². The number of carbonyl (C=O) groups is 2. The highest BCUT2D eigenvalue weighted by Crippen LogP contribution is 2.24. The standard InChI is InChI=1S/C19H19NO5/c1-19(2,18(23)24)25-14-8-9-15(16(20)11-14)17(22)10-5-12-3-6-13(21)7-4-12/h3-11,21H,20H2,1-2H3,(H,23,24)/b10-5+. The lowest BCUT2D eigenvalue weighted by Gasteiger charge is -2.21. The summed E-state index contributed by atoms with van der Waals surface area (Å²) in [5.74, 6) is -0.991. The van der Waals surface area contributed by atoms with Gasteiger partial charge >= 0.3 is 5.97 Å². The molecule has 4 N–H and O–H groups in total. The Morgan fingerprint density at radius 1 is 1.12 bits per heavy atom. The molecule has 0 aliphatic rings. The molecule has 0 heterocycles. The fourth-order valence-electron chi connectivity index (χ4n) is 2.01. The highest BCUT2D eigenvalue weighted by Gasteiger charge is 2.29. The number of anilines is 1. The van der Waals surface area contributed by atoms with E-state index in [0.717, 1.165) is 5.56 Å². The number of allylic oxidation sites excluding steroid dienone is 1. The third kappa shape index (κ3) is 4.60. The van der Waals surface area contributed by atoms with E-state index in [-0.39, 0.29) is 28.5 Å². The maximum atomic E-state index is 12.3. The van der Waals surface area contributed by atoms with Crippen LogP contribution < -0.4 is 10.5 Å². The summed E-state index contributed by atoms with van der Waals surface area (Å²) >= 11 is 0. The number of benzene rings is 2. The number of aromatic hydroxyl groups is 1. The van der Waals surface area contributed by atoms with E-state index in [1.807, 2.05) is 0 Å². The second kappa shape index (κ2) is 7.09. The highest BCUT2D eigenvalue weighted by atomic mass is 16.5. The zero-order valence-electron chi connectivity index (χ0n) is 13.9. The number of ketones is 1. The molecule has 6 nitrogen and oxygen atoms in total. The Hall–Kier alpha value is -3.28. The van der Waals surface area contributed by atoms with Crippen LogP contribution in [0.2, 0.25) is 0 Å². The SMILES string of the molecule is CC(C)(Oc1ccc(C(=O)/C=C/c2ccc(O)cc2)c(N)c1)C(=O)O. The summed E-state index contributed by atoms with van der Waals surface area (Å²) < 4.78 is 5.39. The molecule has 0 aromatic heterocycles. The van der Waals surface area contributed by atoms with Gasteiger partial charge in [0, 0.05) is 17.3 Å². The zero-order chi connectivity index (χ0) is 18.6. The number of phenols is 1. The van der Waals surface area contributed by atoms with Gasteiger partial charge < -0.3 is 20.7 Å². The molecule has 0 fully saturated rings. The van der Waals surface area contributed by atoms with Crippen molar-refractivity contribution in [2.75, 3.05) is 5.73 Å². The monoisotopic (exact) mass is 341 g/mol. The first-order valence-electron chi connectivity index (χ1n) is 7.52. The average Bonchev–Trinajstić information content (AvgIpc) is 2.53. The summed E-state index contributed by atoms with van der Waals surface area (Å²) in [6.07, 6.45) is 2.99. The van der Waals surface area contributed by atoms with Gasteiger partial charge in [0.2, 0.25) is 0 Å². The van der Waals surface area contributed by atoms with Crippen molar-refractivity contribution >= 4 is 23.5 Å². The number of phenolic OH excluding ortho intramolecular Hbond substituents is 1. The minimum absolute atomic E-state index is 0.146. The molecule has 6 heteroatoms. The first-order chi connectivity index (χ1) is 11.7. The number of carboxylic acids is 1. The van der Waals surface area contributed by atoms with Crippen molar-refractivity contribution in [2.24, 2.45) is 0 Å². The van der Waals surface area contributed by atoms with E-state index in [9.17, 15) is 14.7 Å². The number of carbonyl (C=O) groups excluding carboxylic acids is 1. The molecule has 0 aliphatic carbocycles. The third-order valence-corrected chi connectivity index (χ3v) is 3.50. The molecule has 2 aromatic carbocycles. The fourth-order valence-corrected chi connectivity index (χ4v) is 2.01. The molecule has 2 rings (SSSR count). The van der Waals surface area contributed by atoms with Gasteiger partial charge in [-0.1, -0.05) is 18.2 Å². The van der Waals surface area contributed by atoms with Gasteiger partial charge in [0.15, 0.2) is 11.4 Å². The molecular formula is C19H19NO5. The first-order valence-corrected chi connectivity index (χ1v) is 7.52. The summed E-state index contributed by atoms with van der Waals surface area (Å²) in [6, 6.07) is 10.8. The van der Waals surface area contributed by atoms with Crippen LogP contribution in [0, 0.1) is 0 Å². The summed E-state index contributed by atoms with van der Waals surface area (Å²) in [5, 5.41) is 18.3.